The summed E-state index contributed by atoms with van der Waals surface area (Å²) in [5.74, 6) is 0.520. The zero-order valence-corrected chi connectivity index (χ0v) is 20.9. The molecule has 4 rings (SSSR count). The number of carbonyl (C=O) groups excluding carboxylic acids is 1. The minimum atomic E-state index is -0.853. The first-order valence-corrected chi connectivity index (χ1v) is 11.8. The number of esters is 1. The molecule has 8 nitrogen and oxygen atoms in total. The van der Waals surface area contributed by atoms with Crippen LogP contribution in [0.2, 0.25) is 0 Å². The van der Waals surface area contributed by atoms with E-state index in [1.54, 1.807) is 76.4 Å². The Balaban J connectivity index is 2.03. The molecular weight excluding hydrogens is 468 g/mol. The Morgan fingerprint density at radius 3 is 2.57 bits per heavy atom. The number of phenolic OH excluding ortho intramolecular Hbond substituents is 1. The maximum absolute atomic E-state index is 13.7. The summed E-state index contributed by atoms with van der Waals surface area (Å²) in [5, 5.41) is 10.2. The van der Waals surface area contributed by atoms with Crippen LogP contribution in [0.1, 0.15) is 37.9 Å². The van der Waals surface area contributed by atoms with E-state index in [4.69, 9.17) is 14.2 Å². The van der Waals surface area contributed by atoms with Gasteiger partial charge in [0.1, 0.15) is 23.3 Å². The lowest BCUT2D eigenvalue weighted by molar-refractivity contribution is -0.143. The number of hydrogen-bond acceptors (Lipinski definition) is 8. The summed E-state index contributed by atoms with van der Waals surface area (Å²) >= 11 is 1.18. The Bertz CT molecular complexity index is 1500. The Labute approximate surface area is 206 Å². The zero-order chi connectivity index (χ0) is 25.3. The first kappa shape index (κ1) is 24.3. The van der Waals surface area contributed by atoms with E-state index in [0.29, 0.717) is 37.7 Å². The van der Waals surface area contributed by atoms with E-state index in [-0.39, 0.29) is 23.0 Å². The highest BCUT2D eigenvalue weighted by Gasteiger charge is 2.35. The molecule has 0 saturated carbocycles. The molecule has 0 fully saturated rings. The van der Waals surface area contributed by atoms with Gasteiger partial charge in [-0.25, -0.2) is 9.79 Å². The fourth-order valence-electron chi connectivity index (χ4n) is 3.96. The highest BCUT2D eigenvalue weighted by Crippen LogP contribution is 2.38. The van der Waals surface area contributed by atoms with Crippen LogP contribution in [0.15, 0.2) is 63.5 Å². The van der Waals surface area contributed by atoms with E-state index in [0.717, 1.165) is 0 Å². The smallest absolute Gasteiger partial charge is 0.338 e. The molecule has 1 aliphatic heterocycles. The topological polar surface area (TPSA) is 99.4 Å². The average molecular weight is 495 g/mol. The maximum Gasteiger partial charge on any atom is 0.338 e. The number of thiazole rings is 1. The van der Waals surface area contributed by atoms with Crippen LogP contribution in [0.5, 0.6) is 17.2 Å². The number of fused-ring (bicyclic) bond motifs is 1. The van der Waals surface area contributed by atoms with Crippen molar-refractivity contribution in [3.8, 4) is 17.2 Å². The monoisotopic (exact) mass is 494 g/mol. The number of ether oxygens (including phenoxy) is 3. The second kappa shape index (κ2) is 9.79. The van der Waals surface area contributed by atoms with Crippen LogP contribution in [0.25, 0.3) is 6.08 Å². The number of rotatable bonds is 6. The first-order valence-electron chi connectivity index (χ1n) is 11.0. The number of methoxy groups -OCH3 is 2. The third-order valence-corrected chi connectivity index (χ3v) is 6.52. The van der Waals surface area contributed by atoms with Gasteiger partial charge in [-0.1, -0.05) is 29.5 Å². The molecule has 0 spiro atoms. The lowest BCUT2D eigenvalue weighted by Gasteiger charge is -2.26. The van der Waals surface area contributed by atoms with Gasteiger partial charge in [-0.05, 0) is 51.1 Å². The summed E-state index contributed by atoms with van der Waals surface area (Å²) in [6.07, 6.45) is 1.26. The molecule has 1 N–H and O–H groups in total. The lowest BCUT2D eigenvalue weighted by atomic mass is 9.94. The van der Waals surface area contributed by atoms with Gasteiger partial charge in [0, 0.05) is 11.1 Å². The van der Waals surface area contributed by atoms with Crippen LogP contribution in [0, 0.1) is 0 Å². The van der Waals surface area contributed by atoms with Gasteiger partial charge in [0.15, 0.2) is 4.80 Å². The van der Waals surface area contributed by atoms with Crippen molar-refractivity contribution in [3.05, 3.63) is 84.5 Å². The van der Waals surface area contributed by atoms with Crippen molar-refractivity contribution in [2.75, 3.05) is 14.2 Å². The molecule has 0 unspecified atom stereocenters. The van der Waals surface area contributed by atoms with Gasteiger partial charge in [0.25, 0.3) is 5.56 Å². The van der Waals surface area contributed by atoms with Gasteiger partial charge in [0.05, 0.1) is 36.1 Å². The summed E-state index contributed by atoms with van der Waals surface area (Å²) in [7, 11) is 3.06. The third kappa shape index (κ3) is 4.59. The predicted octanol–water partition coefficient (Wildman–Crippen LogP) is 2.91. The number of aromatic hydroxyl groups is 1. The van der Waals surface area contributed by atoms with Crippen LogP contribution in [-0.2, 0) is 9.53 Å². The Morgan fingerprint density at radius 2 is 1.91 bits per heavy atom. The quantitative estimate of drug-likeness (QED) is 0.529. The van der Waals surface area contributed by atoms with Crippen LogP contribution in [0.3, 0.4) is 0 Å². The van der Waals surface area contributed by atoms with Crippen molar-refractivity contribution in [2.24, 2.45) is 4.99 Å². The number of aromatic nitrogens is 1. The second-order valence-corrected chi connectivity index (χ2v) is 9.21. The molecule has 1 aromatic heterocycles. The molecule has 35 heavy (non-hydrogen) atoms. The SMILES string of the molecule is COc1ccc(OC)c([C@@H]2C(C(=O)OC(C)C)=C(C)N=c3s/c(=C/c4ccccc4O)c(=O)n32)c1. The number of phenols is 1. The molecule has 9 heteroatoms. The molecule has 0 saturated heterocycles. The number of para-hydroxylation sites is 1. The summed E-state index contributed by atoms with van der Waals surface area (Å²) in [6, 6.07) is 11.1. The minimum Gasteiger partial charge on any atom is -0.507 e. The van der Waals surface area contributed by atoms with Crippen molar-refractivity contribution in [1.82, 2.24) is 4.57 Å². The molecule has 0 amide bonds. The van der Waals surface area contributed by atoms with Crippen LogP contribution >= 0.6 is 11.3 Å². The number of hydrogen-bond donors (Lipinski definition) is 1. The molecule has 182 valence electrons. The second-order valence-electron chi connectivity index (χ2n) is 8.20. The summed E-state index contributed by atoms with van der Waals surface area (Å²) in [6.45, 7) is 5.24. The molecule has 0 bridgehead atoms. The summed E-state index contributed by atoms with van der Waals surface area (Å²) in [5.41, 5.74) is 1.40. The summed E-state index contributed by atoms with van der Waals surface area (Å²) in [4.78, 5) is 32.0. The molecule has 3 aromatic rings. The number of benzene rings is 2. The van der Waals surface area contributed by atoms with Crippen LogP contribution in [-0.4, -0.2) is 36.0 Å². The van der Waals surface area contributed by atoms with Gasteiger partial charge < -0.3 is 19.3 Å². The normalized spacial score (nSPS) is 15.6. The highest BCUT2D eigenvalue weighted by molar-refractivity contribution is 7.07. The Morgan fingerprint density at radius 1 is 1.17 bits per heavy atom. The third-order valence-electron chi connectivity index (χ3n) is 5.54. The fourth-order valence-corrected chi connectivity index (χ4v) is 5.00. The van der Waals surface area contributed by atoms with Gasteiger partial charge in [-0.2, -0.15) is 0 Å². The zero-order valence-electron chi connectivity index (χ0n) is 20.1. The first-order chi connectivity index (χ1) is 16.7. The number of allylic oxidation sites excluding steroid dienone is 1. The molecule has 0 aliphatic carbocycles. The largest absolute Gasteiger partial charge is 0.507 e. The van der Waals surface area contributed by atoms with Crippen molar-refractivity contribution in [1.29, 1.82) is 0 Å². The highest BCUT2D eigenvalue weighted by atomic mass is 32.1. The predicted molar refractivity (Wildman–Crippen MR) is 133 cm³/mol. The lowest BCUT2D eigenvalue weighted by Crippen LogP contribution is -2.40. The Kier molecular flexibility index (Phi) is 6.79. The molecule has 2 heterocycles. The number of nitrogens with zero attached hydrogens (tertiary/aromatic N) is 2. The van der Waals surface area contributed by atoms with Crippen LogP contribution < -0.4 is 24.4 Å². The molecule has 0 radical (unpaired) electrons. The molecule has 2 aromatic carbocycles. The van der Waals surface area contributed by atoms with Crippen molar-refractivity contribution in [2.45, 2.75) is 32.9 Å². The van der Waals surface area contributed by atoms with E-state index in [2.05, 4.69) is 4.99 Å². The minimum absolute atomic E-state index is 0.0572. The standard InChI is InChI=1S/C26H26N2O6S/c1-14(2)34-25(31)22-15(3)27-26-28(23(22)18-13-17(32-4)10-11-20(18)33-5)24(30)21(35-26)12-16-8-6-7-9-19(16)29/h6-14,23,29H,1-5H3/b21-12+/t23-/m1/s1. The average Bonchev–Trinajstić information content (AvgIpc) is 3.13. The van der Waals surface area contributed by atoms with Gasteiger partial charge in [-0.3, -0.25) is 9.36 Å². The fraction of sp³-hybridized carbons (Fsp3) is 0.269. The van der Waals surface area contributed by atoms with E-state index in [1.807, 2.05) is 0 Å². The maximum atomic E-state index is 13.7. The molecule has 1 aliphatic rings. The van der Waals surface area contributed by atoms with Crippen molar-refractivity contribution < 1.29 is 24.1 Å². The summed E-state index contributed by atoms with van der Waals surface area (Å²) < 4.78 is 18.4. The molecule has 1 atom stereocenters. The van der Waals surface area contributed by atoms with Gasteiger partial charge >= 0.3 is 5.97 Å². The number of carbonyl (C=O) groups is 1. The van der Waals surface area contributed by atoms with E-state index in [9.17, 15) is 14.7 Å². The van der Waals surface area contributed by atoms with Gasteiger partial charge in [-0.15, -0.1) is 0 Å². The van der Waals surface area contributed by atoms with E-state index in [1.165, 1.54) is 23.0 Å². The van der Waals surface area contributed by atoms with E-state index >= 15 is 0 Å². The van der Waals surface area contributed by atoms with Crippen molar-refractivity contribution >= 4 is 23.4 Å². The molecular formula is C26H26N2O6S. The van der Waals surface area contributed by atoms with Crippen molar-refractivity contribution in [3.63, 3.8) is 0 Å². The Hall–Kier alpha value is -3.85. The van der Waals surface area contributed by atoms with Gasteiger partial charge in [0.2, 0.25) is 0 Å². The van der Waals surface area contributed by atoms with Crippen LogP contribution in [0.4, 0.5) is 0 Å². The van der Waals surface area contributed by atoms with E-state index < -0.39 is 12.0 Å².